The lowest BCUT2D eigenvalue weighted by Gasteiger charge is -2.27. The Morgan fingerprint density at radius 2 is 2.19 bits per heavy atom. The van der Waals surface area contributed by atoms with Crippen molar-refractivity contribution >= 4 is 35.8 Å². The molecule has 116 valence electrons. The highest BCUT2D eigenvalue weighted by Gasteiger charge is 2.12. The number of aromatic nitrogens is 2. The molecular weight excluding hydrogens is 385 g/mol. The van der Waals surface area contributed by atoms with Crippen molar-refractivity contribution in [2.24, 2.45) is 10.7 Å². The smallest absolute Gasteiger partial charge is 0.191 e. The van der Waals surface area contributed by atoms with Crippen LogP contribution in [0.15, 0.2) is 4.99 Å². The summed E-state index contributed by atoms with van der Waals surface area (Å²) in [4.78, 5) is 6.35. The standard InChI is InChI=1S/C12H19N7O.HI/c13-8-9-10(17-18-11(9)14)2-1-3-16-12(15)19-4-6-20-7-5-19;/h1-7H2,(H2,15,16)(H3,14,17,18);1H. The van der Waals surface area contributed by atoms with Crippen LogP contribution in [-0.2, 0) is 11.2 Å². The lowest BCUT2D eigenvalue weighted by atomic mass is 10.1. The Bertz CT molecular complexity index is 516. The second-order valence-corrected chi connectivity index (χ2v) is 4.52. The molecule has 8 nitrogen and oxygen atoms in total. The van der Waals surface area contributed by atoms with Crippen LogP contribution in [0.1, 0.15) is 17.7 Å². The fraction of sp³-hybridized carbons (Fsp3) is 0.583. The van der Waals surface area contributed by atoms with E-state index in [0.29, 0.717) is 37.7 Å². The molecule has 1 aliphatic heterocycles. The summed E-state index contributed by atoms with van der Waals surface area (Å²) in [6.45, 7) is 3.55. The first-order valence-corrected chi connectivity index (χ1v) is 6.57. The average Bonchev–Trinajstić information content (AvgIpc) is 2.84. The van der Waals surface area contributed by atoms with Gasteiger partial charge in [0.05, 0.1) is 18.9 Å². The van der Waals surface area contributed by atoms with E-state index >= 15 is 0 Å². The Labute approximate surface area is 140 Å². The maximum atomic E-state index is 8.95. The fourth-order valence-electron chi connectivity index (χ4n) is 2.04. The van der Waals surface area contributed by atoms with Gasteiger partial charge in [0.25, 0.3) is 0 Å². The Morgan fingerprint density at radius 1 is 1.48 bits per heavy atom. The van der Waals surface area contributed by atoms with E-state index in [1.807, 2.05) is 11.0 Å². The fourth-order valence-corrected chi connectivity index (χ4v) is 2.04. The lowest BCUT2D eigenvalue weighted by molar-refractivity contribution is 0.0674. The Kier molecular flexibility index (Phi) is 7.24. The number of hydrogen-bond donors (Lipinski definition) is 3. The van der Waals surface area contributed by atoms with E-state index < -0.39 is 0 Å². The van der Waals surface area contributed by atoms with Crippen molar-refractivity contribution < 1.29 is 4.74 Å². The van der Waals surface area contributed by atoms with E-state index in [0.717, 1.165) is 25.2 Å². The molecule has 2 rings (SSSR count). The first-order valence-electron chi connectivity index (χ1n) is 6.57. The van der Waals surface area contributed by atoms with Crippen LogP contribution >= 0.6 is 24.0 Å². The van der Waals surface area contributed by atoms with Gasteiger partial charge in [0.2, 0.25) is 0 Å². The van der Waals surface area contributed by atoms with Crippen LogP contribution < -0.4 is 11.5 Å². The molecule has 2 heterocycles. The molecule has 1 fully saturated rings. The minimum absolute atomic E-state index is 0. The third-order valence-corrected chi connectivity index (χ3v) is 3.17. The molecular formula is C12H20IN7O. The van der Waals surface area contributed by atoms with Gasteiger partial charge in [-0.2, -0.15) is 10.4 Å². The SMILES string of the molecule is I.N#Cc1c(N)n[nH]c1CCCN=C(N)N1CCOCC1. The van der Waals surface area contributed by atoms with Crippen LogP contribution in [-0.4, -0.2) is 53.9 Å². The highest BCUT2D eigenvalue weighted by Crippen LogP contribution is 2.13. The van der Waals surface area contributed by atoms with Gasteiger partial charge in [0.1, 0.15) is 11.6 Å². The zero-order chi connectivity index (χ0) is 14.4. The van der Waals surface area contributed by atoms with Gasteiger partial charge in [-0.3, -0.25) is 10.1 Å². The van der Waals surface area contributed by atoms with Crippen molar-refractivity contribution in [3.05, 3.63) is 11.3 Å². The van der Waals surface area contributed by atoms with E-state index in [1.54, 1.807) is 0 Å². The molecule has 0 aliphatic carbocycles. The van der Waals surface area contributed by atoms with Crippen molar-refractivity contribution in [2.45, 2.75) is 12.8 Å². The number of halogens is 1. The summed E-state index contributed by atoms with van der Waals surface area (Å²) in [6, 6.07) is 2.04. The third kappa shape index (κ3) is 4.75. The van der Waals surface area contributed by atoms with Gasteiger partial charge < -0.3 is 21.1 Å². The maximum Gasteiger partial charge on any atom is 0.191 e. The molecule has 1 aromatic rings. The van der Waals surface area contributed by atoms with Crippen molar-refractivity contribution in [2.75, 3.05) is 38.6 Å². The molecule has 0 spiro atoms. The van der Waals surface area contributed by atoms with E-state index in [2.05, 4.69) is 15.2 Å². The molecule has 0 radical (unpaired) electrons. The third-order valence-electron chi connectivity index (χ3n) is 3.17. The molecule has 0 atom stereocenters. The number of aliphatic imine (C=N–C) groups is 1. The van der Waals surface area contributed by atoms with Crippen LogP contribution in [0.3, 0.4) is 0 Å². The highest BCUT2D eigenvalue weighted by molar-refractivity contribution is 14.0. The predicted octanol–water partition coefficient (Wildman–Crippen LogP) is 0.0611. The summed E-state index contributed by atoms with van der Waals surface area (Å²) in [6.07, 6.45) is 1.45. The molecule has 0 aromatic carbocycles. The highest BCUT2D eigenvalue weighted by atomic mass is 127. The van der Waals surface area contributed by atoms with E-state index in [1.165, 1.54) is 0 Å². The normalized spacial score (nSPS) is 15.4. The quantitative estimate of drug-likeness (QED) is 0.281. The van der Waals surface area contributed by atoms with Gasteiger partial charge in [-0.05, 0) is 12.8 Å². The maximum absolute atomic E-state index is 8.95. The molecule has 0 bridgehead atoms. The van der Waals surface area contributed by atoms with Crippen LogP contribution in [0.2, 0.25) is 0 Å². The molecule has 5 N–H and O–H groups in total. The van der Waals surface area contributed by atoms with Crippen molar-refractivity contribution in [1.82, 2.24) is 15.1 Å². The number of rotatable bonds is 4. The predicted molar refractivity (Wildman–Crippen MR) is 90.3 cm³/mol. The first-order chi connectivity index (χ1) is 9.72. The number of hydrogen-bond acceptors (Lipinski definition) is 5. The monoisotopic (exact) mass is 405 g/mol. The number of aryl methyl sites for hydroxylation is 1. The van der Waals surface area contributed by atoms with Crippen molar-refractivity contribution in [1.29, 1.82) is 5.26 Å². The minimum Gasteiger partial charge on any atom is -0.381 e. The summed E-state index contributed by atoms with van der Waals surface area (Å²) in [5.74, 6) is 0.803. The number of ether oxygens (including phenoxy) is 1. The number of H-pyrrole nitrogens is 1. The Hall–Kier alpha value is -1.54. The molecule has 1 aliphatic rings. The molecule has 1 saturated heterocycles. The molecule has 0 saturated carbocycles. The zero-order valence-electron chi connectivity index (χ0n) is 11.7. The van der Waals surface area contributed by atoms with Crippen LogP contribution in [0, 0.1) is 11.3 Å². The van der Waals surface area contributed by atoms with E-state index in [-0.39, 0.29) is 29.8 Å². The van der Waals surface area contributed by atoms with Gasteiger partial charge in [-0.15, -0.1) is 24.0 Å². The molecule has 21 heavy (non-hydrogen) atoms. The Morgan fingerprint density at radius 3 is 2.86 bits per heavy atom. The lowest BCUT2D eigenvalue weighted by Crippen LogP contribution is -2.44. The van der Waals surface area contributed by atoms with Crippen molar-refractivity contribution in [3.8, 4) is 6.07 Å². The molecule has 0 amide bonds. The van der Waals surface area contributed by atoms with Crippen LogP contribution in [0.4, 0.5) is 5.82 Å². The van der Waals surface area contributed by atoms with Crippen molar-refractivity contribution in [3.63, 3.8) is 0 Å². The zero-order valence-corrected chi connectivity index (χ0v) is 14.0. The number of nitriles is 1. The number of nitrogen functional groups attached to an aromatic ring is 1. The van der Waals surface area contributed by atoms with E-state index in [9.17, 15) is 0 Å². The topological polar surface area (TPSA) is 129 Å². The van der Waals surface area contributed by atoms with Gasteiger partial charge in [-0.25, -0.2) is 0 Å². The number of guanidine groups is 1. The van der Waals surface area contributed by atoms with E-state index in [4.69, 9.17) is 21.5 Å². The van der Waals surface area contributed by atoms with Gasteiger partial charge in [-0.1, -0.05) is 0 Å². The second kappa shape index (κ2) is 8.68. The van der Waals surface area contributed by atoms with Gasteiger partial charge in [0, 0.05) is 19.6 Å². The number of nitrogens with two attached hydrogens (primary N) is 2. The van der Waals surface area contributed by atoms with Gasteiger partial charge in [0.15, 0.2) is 11.8 Å². The van der Waals surface area contributed by atoms with Crippen LogP contribution in [0.5, 0.6) is 0 Å². The summed E-state index contributed by atoms with van der Waals surface area (Å²) >= 11 is 0. The number of nitrogens with one attached hydrogen (secondary N) is 1. The summed E-state index contributed by atoms with van der Waals surface area (Å²) in [5.41, 5.74) is 12.7. The number of nitrogens with zero attached hydrogens (tertiary/aromatic N) is 4. The van der Waals surface area contributed by atoms with Gasteiger partial charge >= 0.3 is 0 Å². The number of anilines is 1. The average molecular weight is 405 g/mol. The minimum atomic E-state index is 0. The molecule has 0 unspecified atom stereocenters. The summed E-state index contributed by atoms with van der Waals surface area (Å²) in [7, 11) is 0. The largest absolute Gasteiger partial charge is 0.381 e. The molecule has 1 aromatic heterocycles. The summed E-state index contributed by atoms with van der Waals surface area (Å²) < 4.78 is 5.26. The number of aromatic amines is 1. The summed E-state index contributed by atoms with van der Waals surface area (Å²) in [5, 5.41) is 15.5. The number of morpholine rings is 1. The first kappa shape index (κ1) is 17.5. The second-order valence-electron chi connectivity index (χ2n) is 4.52. The Balaban J connectivity index is 0.00000220. The van der Waals surface area contributed by atoms with Crippen LogP contribution in [0.25, 0.3) is 0 Å². The molecule has 9 heteroatoms.